The van der Waals surface area contributed by atoms with Gasteiger partial charge in [-0.3, -0.25) is 74.8 Å². The first-order valence-electron chi connectivity index (χ1n) is 50.5. The van der Waals surface area contributed by atoms with Crippen LogP contribution < -0.4 is 38.4 Å². The summed E-state index contributed by atoms with van der Waals surface area (Å²) >= 11 is 17.4. The van der Waals surface area contributed by atoms with Gasteiger partial charge in [0.1, 0.15) is 58.3 Å². The predicted molar refractivity (Wildman–Crippen MR) is 553 cm³/mol. The topological polar surface area (TPSA) is 434 Å². The van der Waals surface area contributed by atoms with Gasteiger partial charge in [0.15, 0.2) is 11.6 Å². The normalized spacial score (nSPS) is 18.5. The van der Waals surface area contributed by atoms with Gasteiger partial charge < -0.3 is 30.6 Å². The standard InChI is InChI=1S/C16H23FN2O2.C16H24N2O2.C15H20ClFN2O2.C15H21ClN2O2.C15H21ClN2O.C15H20F2N2O2.C15H21FN2O2/c1-11-7-13(17)9-14(8-11)18-16(19-21)10-15(20)12-5-3-2-4-6-12;1-12-6-5-9-14(10-12)17-16(18-20)11-15(19)13-7-3-2-4-8-13;16-12-7-6-11(8-13(12)17)18-15(19-21)9-14(20)10-4-2-1-3-5-10;16-12-7-4-8-13(9-12)17-15(18-20)10-14(19)11-5-2-1-3-6-11;16-13-7-4-8-14(11-13)17-15(18-19)10-9-12-5-2-1-3-6-12;16-12-7-6-11(8-13(12)17)18-15(19-21)9-14(20)10-4-2-1-3-5-10;16-12-7-4-8-13(9-12)17-15(18-20)10-14(19)11-5-2-1-3-6-11/h7-9,12,15,20-21H,2-6,10H2,1H3,(H,18,19);5-6,9-10,13,15,19-20H,2-4,7-8,11H2,1H3,(H,17,18);6-8,10,14,20-21H,1-5,9H2,(H,18,19);4,7-9,11,14,19-20H,1-3,5-6,10H2,(H,17,18);4,7-8,11-12,19H,1-3,5-6,9-10H2,(H,17,18);6-8,10,14,20-21H,1-5,9H2,(H,18,19);4,7-9,11,14,19-20H,1-3,5-6,10H2,(H,17,18). The number of aliphatic hydroxyl groups excluding tert-OH is 6. The quantitative estimate of drug-likeness (QED) is 0.00937. The zero-order valence-corrected chi connectivity index (χ0v) is 84.1. The lowest BCUT2D eigenvalue weighted by molar-refractivity contribution is 0.0874. The number of amidine groups is 7. The molecule has 0 amide bonds. The Morgan fingerprint density at radius 3 is 0.838 bits per heavy atom. The number of hydroxylamine groups is 7. The van der Waals surface area contributed by atoms with Crippen molar-refractivity contribution in [2.75, 3.05) is 0 Å². The van der Waals surface area contributed by atoms with Gasteiger partial charge in [0, 0.05) is 67.1 Å². The summed E-state index contributed by atoms with van der Waals surface area (Å²) in [6.45, 7) is 3.78. The first kappa shape index (κ1) is 118. The molecule has 0 aromatic heterocycles. The first-order valence-corrected chi connectivity index (χ1v) is 51.7. The van der Waals surface area contributed by atoms with E-state index in [9.17, 15) is 73.4 Å². The van der Waals surface area contributed by atoms with Crippen LogP contribution in [-0.4, -0.2) is 145 Å². The largest absolute Gasteiger partial charge is 0.392 e. The van der Waals surface area contributed by atoms with Gasteiger partial charge in [0.2, 0.25) is 0 Å². The average Bonchev–Trinajstić information content (AvgIpc) is 0.965. The maximum absolute atomic E-state index is 13.4. The van der Waals surface area contributed by atoms with E-state index in [0.29, 0.717) is 75.0 Å². The molecule has 7 aliphatic carbocycles. The summed E-state index contributed by atoms with van der Waals surface area (Å²) < 4.78 is 65.7. The Morgan fingerprint density at radius 1 is 0.268 bits per heavy atom. The third-order valence-electron chi connectivity index (χ3n) is 27.1. The number of nitrogens with zero attached hydrogens (tertiary/aromatic N) is 7. The molecule has 782 valence electrons. The van der Waals surface area contributed by atoms with Crippen molar-refractivity contribution in [1.29, 1.82) is 0 Å². The number of hydrogen-bond acceptors (Lipinski definition) is 20. The molecule has 7 saturated carbocycles. The SMILES string of the molecule is Cc1cc(F)cc(N=C(CC(O)C2CCCCC2)NO)c1.Cc1cccc(N=C(CC(O)C2CCCCC2)NO)c1.ONC(CC(O)C1CCCCC1)=Nc1ccc(Cl)c(F)c1.ONC(CC(O)C1CCCCC1)=Nc1ccc(F)c(F)c1.ONC(CC(O)C1CCCCC1)=Nc1cccc(Cl)c1.ONC(CC(O)C1CCCCC1)=Nc1cccc(F)c1.ONC(CCC1CCCCC1)=Nc1cccc(Cl)c1. The van der Waals surface area contributed by atoms with Crippen LogP contribution in [0.25, 0.3) is 0 Å². The van der Waals surface area contributed by atoms with E-state index < -0.39 is 54.1 Å². The lowest BCUT2D eigenvalue weighted by Crippen LogP contribution is -2.30. The van der Waals surface area contributed by atoms with Crippen molar-refractivity contribution < 1.29 is 89.0 Å². The highest BCUT2D eigenvalue weighted by molar-refractivity contribution is 6.31. The van der Waals surface area contributed by atoms with Crippen LogP contribution in [0.5, 0.6) is 0 Å². The Kier molecular flexibility index (Phi) is 55.5. The fourth-order valence-electron chi connectivity index (χ4n) is 19.3. The molecule has 142 heavy (non-hydrogen) atoms. The van der Waals surface area contributed by atoms with Crippen molar-refractivity contribution in [3.63, 3.8) is 0 Å². The summed E-state index contributed by atoms with van der Waals surface area (Å²) in [5.41, 5.74) is 19.9. The summed E-state index contributed by atoms with van der Waals surface area (Å²) in [4.78, 5) is 29.5. The predicted octanol–water partition coefficient (Wildman–Crippen LogP) is 25.5. The summed E-state index contributed by atoms with van der Waals surface area (Å²) in [5, 5.41) is 127. The van der Waals surface area contributed by atoms with E-state index in [4.69, 9.17) is 50.4 Å². The molecule has 7 aromatic carbocycles. The number of aliphatic imine (C=N–C) groups is 7. The minimum absolute atomic E-state index is 0.0229. The Morgan fingerprint density at radius 2 is 0.535 bits per heavy atom. The molecule has 7 fully saturated rings. The van der Waals surface area contributed by atoms with E-state index in [2.05, 4.69) is 51.4 Å². The molecule has 7 aromatic rings. The van der Waals surface area contributed by atoms with Crippen molar-refractivity contribution in [2.24, 2.45) is 76.4 Å². The van der Waals surface area contributed by atoms with Gasteiger partial charge in [0.25, 0.3) is 0 Å². The molecule has 35 heteroatoms. The molecule has 0 saturated heterocycles. The van der Waals surface area contributed by atoms with E-state index >= 15 is 0 Å². The van der Waals surface area contributed by atoms with Crippen LogP contribution in [0.1, 0.15) is 287 Å². The van der Waals surface area contributed by atoms with Crippen LogP contribution in [0.4, 0.5) is 61.8 Å². The molecule has 0 spiro atoms. The minimum atomic E-state index is -0.999. The second-order valence-electron chi connectivity index (χ2n) is 38.2. The monoisotopic (exact) mass is 2040 g/mol. The number of hydrogen-bond donors (Lipinski definition) is 20. The number of aliphatic hydroxyl groups is 6. The summed E-state index contributed by atoms with van der Waals surface area (Å²) in [7, 11) is 0. The third-order valence-corrected chi connectivity index (χ3v) is 27.9. The van der Waals surface area contributed by atoms with E-state index in [1.165, 1.54) is 139 Å². The van der Waals surface area contributed by atoms with Gasteiger partial charge >= 0.3 is 0 Å². The van der Waals surface area contributed by atoms with Gasteiger partial charge in [-0.1, -0.05) is 213 Å². The van der Waals surface area contributed by atoms with E-state index in [-0.39, 0.29) is 95.0 Å². The average molecular weight is 2040 g/mol. The molecule has 7 aliphatic rings. The fourth-order valence-corrected chi connectivity index (χ4v) is 19.8. The molecule has 27 nitrogen and oxygen atoms in total. The fraction of sp³-hybridized carbons (Fsp3) is 0.542. The molecular formula is C107H150Cl3F5N14O13. The molecular weight excluding hydrogens is 1890 g/mol. The van der Waals surface area contributed by atoms with E-state index in [0.717, 1.165) is 182 Å². The van der Waals surface area contributed by atoms with Crippen molar-refractivity contribution in [1.82, 2.24) is 38.4 Å². The van der Waals surface area contributed by atoms with Gasteiger partial charge in [-0.15, -0.1) is 0 Å². The smallest absolute Gasteiger partial charge is 0.160 e. The lowest BCUT2D eigenvalue weighted by atomic mass is 9.84. The first-order chi connectivity index (χ1) is 68.6. The van der Waals surface area contributed by atoms with Gasteiger partial charge in [-0.05, 0) is 259 Å². The Bertz CT molecular complexity index is 4720. The lowest BCUT2D eigenvalue weighted by Gasteiger charge is -2.26. The molecule has 14 rings (SSSR count). The van der Waals surface area contributed by atoms with Crippen molar-refractivity contribution in [3.05, 3.63) is 207 Å². The van der Waals surface area contributed by atoms with Crippen LogP contribution in [0, 0.1) is 84.4 Å². The molecule has 0 heterocycles. The summed E-state index contributed by atoms with van der Waals surface area (Å²) in [5.74, 6) is 1.40. The number of aryl methyl sites for hydroxylation is 2. The highest BCUT2D eigenvalue weighted by Crippen LogP contribution is 2.37. The van der Waals surface area contributed by atoms with Crippen molar-refractivity contribution >= 4 is 115 Å². The third kappa shape index (κ3) is 45.6. The van der Waals surface area contributed by atoms with Crippen molar-refractivity contribution in [3.8, 4) is 0 Å². The second kappa shape index (κ2) is 66.8. The van der Waals surface area contributed by atoms with Crippen LogP contribution in [-0.2, 0) is 0 Å². The zero-order valence-electron chi connectivity index (χ0n) is 81.8. The Balaban J connectivity index is 0.000000203. The van der Waals surface area contributed by atoms with Crippen LogP contribution >= 0.6 is 34.8 Å². The zero-order chi connectivity index (χ0) is 102. The van der Waals surface area contributed by atoms with Gasteiger partial charge in [-0.2, -0.15) is 0 Å². The minimum Gasteiger partial charge on any atom is -0.392 e. The number of nitrogens with one attached hydrogen (secondary N) is 7. The maximum Gasteiger partial charge on any atom is 0.160 e. The van der Waals surface area contributed by atoms with Gasteiger partial charge in [-0.25, -0.2) is 56.9 Å². The highest BCUT2D eigenvalue weighted by Gasteiger charge is 2.30. The van der Waals surface area contributed by atoms with Gasteiger partial charge in [0.05, 0.1) is 81.5 Å². The number of halogens is 8. The van der Waals surface area contributed by atoms with Crippen molar-refractivity contribution in [2.45, 2.75) is 327 Å². The van der Waals surface area contributed by atoms with E-state index in [1.54, 1.807) is 61.5 Å². The number of rotatable bonds is 28. The van der Waals surface area contributed by atoms with Crippen LogP contribution in [0.2, 0.25) is 15.1 Å². The van der Waals surface area contributed by atoms with Crippen LogP contribution in [0.15, 0.2) is 187 Å². The Hall–Kier alpha value is -9.17. The molecule has 0 bridgehead atoms. The molecule has 6 unspecified atom stereocenters. The Labute approximate surface area is 847 Å². The highest BCUT2D eigenvalue weighted by atomic mass is 35.5. The number of benzene rings is 7. The summed E-state index contributed by atoms with van der Waals surface area (Å²) in [6.07, 6.45) is 40.4. The van der Waals surface area contributed by atoms with Crippen LogP contribution in [0.3, 0.4) is 0 Å². The molecule has 0 radical (unpaired) electrons. The molecule has 20 N–H and O–H groups in total. The van der Waals surface area contributed by atoms with E-state index in [1.807, 2.05) is 71.3 Å². The maximum atomic E-state index is 13.4. The molecule has 0 aliphatic heterocycles. The molecule has 6 atom stereocenters. The second-order valence-corrected chi connectivity index (χ2v) is 39.5. The summed E-state index contributed by atoms with van der Waals surface area (Å²) in [6, 6.07) is 39.8.